The molecule has 1 N–H and O–H groups in total. The molecule has 0 aliphatic heterocycles. The molecule has 0 saturated heterocycles. The summed E-state index contributed by atoms with van der Waals surface area (Å²) in [6.07, 6.45) is 2.62. The lowest BCUT2D eigenvalue weighted by Crippen LogP contribution is -2.20. The quantitative estimate of drug-likeness (QED) is 0.479. The van der Waals surface area contributed by atoms with E-state index in [9.17, 15) is 4.79 Å². The Morgan fingerprint density at radius 1 is 1.07 bits per heavy atom. The number of tetrazole rings is 1. The van der Waals surface area contributed by atoms with Crippen molar-refractivity contribution in [3.05, 3.63) is 82.6 Å². The standard InChI is InChI=1S/C22H19N5OS/c1-2-16-9-6-7-13-19(16)23-22(28)20(15-18-12-8-14-29-18)27-21(24-25-26-27)17-10-4-3-5-11-17/h3-15H,2H2,1H3,(H,23,28). The number of aryl methyl sites for hydroxylation is 1. The number of anilines is 1. The Morgan fingerprint density at radius 3 is 2.62 bits per heavy atom. The number of rotatable bonds is 6. The van der Waals surface area contributed by atoms with Crippen LogP contribution in [-0.2, 0) is 11.2 Å². The summed E-state index contributed by atoms with van der Waals surface area (Å²) in [6, 6.07) is 21.2. The Balaban J connectivity index is 1.76. The van der Waals surface area contributed by atoms with E-state index in [2.05, 4.69) is 27.8 Å². The number of aromatic nitrogens is 4. The summed E-state index contributed by atoms with van der Waals surface area (Å²) >= 11 is 1.54. The molecule has 4 rings (SSSR count). The molecule has 6 nitrogen and oxygen atoms in total. The van der Waals surface area contributed by atoms with Gasteiger partial charge in [0.15, 0.2) is 5.82 Å². The van der Waals surface area contributed by atoms with Gasteiger partial charge in [-0.15, -0.1) is 16.4 Å². The summed E-state index contributed by atoms with van der Waals surface area (Å²) < 4.78 is 1.49. The largest absolute Gasteiger partial charge is 0.320 e. The van der Waals surface area contributed by atoms with Gasteiger partial charge in [0.05, 0.1) is 0 Å². The molecule has 0 radical (unpaired) electrons. The van der Waals surface area contributed by atoms with Crippen LogP contribution in [0.5, 0.6) is 0 Å². The number of benzene rings is 2. The number of nitrogens with zero attached hydrogens (tertiary/aromatic N) is 4. The summed E-state index contributed by atoms with van der Waals surface area (Å²) in [4.78, 5) is 14.2. The van der Waals surface area contributed by atoms with Gasteiger partial charge in [0.1, 0.15) is 5.70 Å². The van der Waals surface area contributed by atoms with Crippen LogP contribution >= 0.6 is 11.3 Å². The minimum Gasteiger partial charge on any atom is -0.320 e. The Morgan fingerprint density at radius 2 is 1.86 bits per heavy atom. The molecule has 0 aliphatic carbocycles. The molecule has 0 spiro atoms. The maximum atomic E-state index is 13.3. The van der Waals surface area contributed by atoms with Crippen LogP contribution < -0.4 is 5.32 Å². The normalized spacial score (nSPS) is 11.4. The molecule has 0 unspecified atom stereocenters. The second kappa shape index (κ2) is 8.62. The van der Waals surface area contributed by atoms with Gasteiger partial charge in [-0.25, -0.2) is 0 Å². The van der Waals surface area contributed by atoms with E-state index >= 15 is 0 Å². The maximum absolute atomic E-state index is 13.3. The van der Waals surface area contributed by atoms with Crippen molar-refractivity contribution < 1.29 is 4.79 Å². The minimum absolute atomic E-state index is 0.274. The summed E-state index contributed by atoms with van der Waals surface area (Å²) in [5.74, 6) is 0.233. The average molecular weight is 401 g/mol. The third-order valence-electron chi connectivity index (χ3n) is 4.43. The average Bonchev–Trinajstić information content (AvgIpc) is 3.45. The van der Waals surface area contributed by atoms with Gasteiger partial charge in [0.2, 0.25) is 0 Å². The van der Waals surface area contributed by atoms with Crippen LogP contribution in [0.4, 0.5) is 5.69 Å². The molecule has 0 bridgehead atoms. The topological polar surface area (TPSA) is 72.7 Å². The van der Waals surface area contributed by atoms with Crippen LogP contribution in [0.3, 0.4) is 0 Å². The van der Waals surface area contributed by atoms with Crippen LogP contribution in [-0.4, -0.2) is 26.1 Å². The molecule has 2 heterocycles. The Bertz CT molecular complexity index is 1130. The number of hydrogen-bond acceptors (Lipinski definition) is 5. The van der Waals surface area contributed by atoms with Gasteiger partial charge in [0, 0.05) is 16.1 Å². The molecule has 0 atom stereocenters. The van der Waals surface area contributed by atoms with Gasteiger partial charge in [-0.1, -0.05) is 61.5 Å². The summed E-state index contributed by atoms with van der Waals surface area (Å²) in [5, 5.41) is 17.1. The lowest BCUT2D eigenvalue weighted by atomic mass is 10.1. The number of amides is 1. The van der Waals surface area contributed by atoms with E-state index in [1.807, 2.05) is 72.1 Å². The van der Waals surface area contributed by atoms with Crippen molar-refractivity contribution in [3.63, 3.8) is 0 Å². The van der Waals surface area contributed by atoms with Gasteiger partial charge < -0.3 is 5.32 Å². The fraction of sp³-hybridized carbons (Fsp3) is 0.0909. The predicted octanol–water partition coefficient (Wildman–Crippen LogP) is 4.60. The number of nitrogens with one attached hydrogen (secondary N) is 1. The van der Waals surface area contributed by atoms with Crippen LogP contribution in [0.2, 0.25) is 0 Å². The second-order valence-electron chi connectivity index (χ2n) is 6.29. The summed E-state index contributed by atoms with van der Waals surface area (Å²) in [5.41, 5.74) is 3.03. The first kappa shape index (κ1) is 18.8. The van der Waals surface area contributed by atoms with Crippen molar-refractivity contribution in [2.75, 3.05) is 5.32 Å². The predicted molar refractivity (Wildman–Crippen MR) is 116 cm³/mol. The number of hydrogen-bond donors (Lipinski definition) is 1. The SMILES string of the molecule is CCc1ccccc1NC(=O)C(=Cc1cccs1)n1nnnc1-c1ccccc1. The number of thiophene rings is 1. The molecule has 144 valence electrons. The number of para-hydroxylation sites is 1. The first-order valence-electron chi connectivity index (χ1n) is 9.25. The summed E-state index contributed by atoms with van der Waals surface area (Å²) in [6.45, 7) is 2.06. The van der Waals surface area contributed by atoms with Gasteiger partial charge in [-0.2, -0.15) is 4.68 Å². The zero-order valence-corrected chi connectivity index (χ0v) is 16.6. The highest BCUT2D eigenvalue weighted by atomic mass is 32.1. The van der Waals surface area contributed by atoms with Gasteiger partial charge in [0.25, 0.3) is 5.91 Å². The molecule has 29 heavy (non-hydrogen) atoms. The van der Waals surface area contributed by atoms with E-state index in [0.717, 1.165) is 28.1 Å². The monoisotopic (exact) mass is 401 g/mol. The lowest BCUT2D eigenvalue weighted by molar-refractivity contribution is -0.111. The van der Waals surface area contributed by atoms with Crippen molar-refractivity contribution in [2.45, 2.75) is 13.3 Å². The summed E-state index contributed by atoms with van der Waals surface area (Å²) in [7, 11) is 0. The third kappa shape index (κ3) is 4.14. The molecule has 1 amide bonds. The Labute approximate surface area is 172 Å². The van der Waals surface area contributed by atoms with Crippen molar-refractivity contribution in [2.24, 2.45) is 0 Å². The van der Waals surface area contributed by atoms with Crippen LogP contribution in [0, 0.1) is 0 Å². The minimum atomic E-state index is -0.274. The molecular weight excluding hydrogens is 382 g/mol. The smallest absolute Gasteiger partial charge is 0.274 e. The van der Waals surface area contributed by atoms with Crippen LogP contribution in [0.25, 0.3) is 23.2 Å². The highest BCUT2D eigenvalue weighted by Crippen LogP contribution is 2.24. The van der Waals surface area contributed by atoms with E-state index < -0.39 is 0 Å². The first-order chi connectivity index (χ1) is 14.3. The fourth-order valence-electron chi connectivity index (χ4n) is 2.98. The first-order valence-corrected chi connectivity index (χ1v) is 10.1. The van der Waals surface area contributed by atoms with Gasteiger partial charge in [-0.05, 0) is 46.0 Å². The maximum Gasteiger partial charge on any atom is 0.274 e. The van der Waals surface area contributed by atoms with E-state index in [4.69, 9.17) is 0 Å². The highest BCUT2D eigenvalue weighted by Gasteiger charge is 2.20. The fourth-order valence-corrected chi connectivity index (χ4v) is 3.64. The molecule has 2 aromatic carbocycles. The molecule has 4 aromatic rings. The van der Waals surface area contributed by atoms with Crippen molar-refractivity contribution in [1.82, 2.24) is 20.2 Å². The molecule has 0 fully saturated rings. The Kier molecular flexibility index (Phi) is 5.58. The molecule has 0 saturated carbocycles. The lowest BCUT2D eigenvalue weighted by Gasteiger charge is -2.13. The van der Waals surface area contributed by atoms with Gasteiger partial charge in [-0.3, -0.25) is 4.79 Å². The van der Waals surface area contributed by atoms with E-state index in [0.29, 0.717) is 11.5 Å². The van der Waals surface area contributed by atoms with Crippen LogP contribution in [0.15, 0.2) is 72.1 Å². The highest BCUT2D eigenvalue weighted by molar-refractivity contribution is 7.10. The zero-order valence-electron chi connectivity index (χ0n) is 15.8. The van der Waals surface area contributed by atoms with E-state index in [1.165, 1.54) is 4.68 Å². The van der Waals surface area contributed by atoms with E-state index in [1.54, 1.807) is 17.4 Å². The second-order valence-corrected chi connectivity index (χ2v) is 7.27. The molecule has 0 aliphatic rings. The van der Waals surface area contributed by atoms with Crippen molar-refractivity contribution in [1.29, 1.82) is 0 Å². The molecule has 2 aromatic heterocycles. The number of carbonyl (C=O) groups excluding carboxylic acids is 1. The van der Waals surface area contributed by atoms with Gasteiger partial charge >= 0.3 is 0 Å². The third-order valence-corrected chi connectivity index (χ3v) is 5.25. The van der Waals surface area contributed by atoms with E-state index in [-0.39, 0.29) is 5.91 Å². The van der Waals surface area contributed by atoms with Crippen molar-refractivity contribution >= 4 is 34.7 Å². The van der Waals surface area contributed by atoms with Crippen molar-refractivity contribution in [3.8, 4) is 11.4 Å². The zero-order chi connectivity index (χ0) is 20.1. The number of carbonyl (C=O) groups is 1. The molecule has 7 heteroatoms. The van der Waals surface area contributed by atoms with Crippen LogP contribution in [0.1, 0.15) is 17.4 Å². The Hall–Kier alpha value is -3.58. The molecular formula is C22H19N5OS.